The Labute approximate surface area is 447 Å². The second-order valence-electron chi connectivity index (χ2n) is 18.1. The van der Waals surface area contributed by atoms with Gasteiger partial charge in [0.15, 0.2) is 6.10 Å². The van der Waals surface area contributed by atoms with E-state index in [1.807, 2.05) is 0 Å². The highest BCUT2D eigenvalue weighted by Gasteiger charge is 2.19. The molecule has 6 heteroatoms. The fraction of sp³-hybridized carbons (Fsp3) is 0.537. The Balaban J connectivity index is 4.39. The molecule has 6 nitrogen and oxygen atoms in total. The van der Waals surface area contributed by atoms with Crippen LogP contribution in [0.4, 0.5) is 0 Å². The van der Waals surface area contributed by atoms with E-state index in [2.05, 4.69) is 191 Å². The first-order chi connectivity index (χ1) is 36.0. The summed E-state index contributed by atoms with van der Waals surface area (Å²) in [5.41, 5.74) is 0. The van der Waals surface area contributed by atoms with Gasteiger partial charge in [0.05, 0.1) is 0 Å². The molecule has 73 heavy (non-hydrogen) atoms. The molecule has 0 aliphatic carbocycles. The van der Waals surface area contributed by atoms with Crippen molar-refractivity contribution in [3.63, 3.8) is 0 Å². The van der Waals surface area contributed by atoms with E-state index in [9.17, 15) is 14.4 Å². The number of hydrogen-bond donors (Lipinski definition) is 0. The minimum atomic E-state index is -0.825. The lowest BCUT2D eigenvalue weighted by atomic mass is 10.1. The normalized spacial score (nSPS) is 13.4. The molecule has 0 saturated heterocycles. The molecule has 406 valence electrons. The number of carbonyl (C=O) groups excluding carboxylic acids is 3. The minimum absolute atomic E-state index is 0.117. The number of carbonyl (C=O) groups is 3. The van der Waals surface area contributed by atoms with Crippen LogP contribution in [0.15, 0.2) is 170 Å². The molecule has 0 aliphatic heterocycles. The van der Waals surface area contributed by atoms with Crippen LogP contribution in [0.25, 0.3) is 0 Å². The summed E-state index contributed by atoms with van der Waals surface area (Å²) in [6, 6.07) is 0. The first-order valence-electron chi connectivity index (χ1n) is 28.6. The molecule has 0 aromatic rings. The van der Waals surface area contributed by atoms with Crippen molar-refractivity contribution >= 4 is 17.9 Å². The van der Waals surface area contributed by atoms with Gasteiger partial charge in [0.2, 0.25) is 0 Å². The molecule has 0 N–H and O–H groups in total. The van der Waals surface area contributed by atoms with Crippen molar-refractivity contribution < 1.29 is 28.6 Å². The van der Waals surface area contributed by atoms with E-state index in [0.29, 0.717) is 19.3 Å². The maximum Gasteiger partial charge on any atom is 0.306 e. The van der Waals surface area contributed by atoms with E-state index in [1.54, 1.807) is 0 Å². The third-order valence-corrected chi connectivity index (χ3v) is 11.2. The Morgan fingerprint density at radius 3 is 0.890 bits per heavy atom. The van der Waals surface area contributed by atoms with Crippen LogP contribution >= 0.6 is 0 Å². The Morgan fingerprint density at radius 2 is 0.548 bits per heavy atom. The highest BCUT2D eigenvalue weighted by atomic mass is 16.6. The lowest BCUT2D eigenvalue weighted by Crippen LogP contribution is -2.30. The van der Waals surface area contributed by atoms with Crippen LogP contribution < -0.4 is 0 Å². The van der Waals surface area contributed by atoms with Gasteiger partial charge in [-0.05, 0) is 128 Å². The van der Waals surface area contributed by atoms with E-state index in [4.69, 9.17) is 14.2 Å². The van der Waals surface area contributed by atoms with E-state index in [-0.39, 0.29) is 44.0 Å². The fourth-order valence-electron chi connectivity index (χ4n) is 7.00. The largest absolute Gasteiger partial charge is 0.462 e. The average Bonchev–Trinajstić information content (AvgIpc) is 3.39. The van der Waals surface area contributed by atoms with Crippen LogP contribution in [0.5, 0.6) is 0 Å². The van der Waals surface area contributed by atoms with Crippen molar-refractivity contribution in [1.29, 1.82) is 0 Å². The predicted molar refractivity (Wildman–Crippen MR) is 315 cm³/mol. The molecular formula is C67H102O6. The van der Waals surface area contributed by atoms with E-state index < -0.39 is 6.10 Å². The Kier molecular flexibility index (Phi) is 55.1. The van der Waals surface area contributed by atoms with Gasteiger partial charge in [-0.1, -0.05) is 236 Å². The molecule has 0 aliphatic rings. The number of rotatable bonds is 49. The third kappa shape index (κ3) is 57.5. The Hall–Kier alpha value is -5.23. The van der Waals surface area contributed by atoms with Crippen LogP contribution in [-0.2, 0) is 28.6 Å². The lowest BCUT2D eigenvalue weighted by molar-refractivity contribution is -0.167. The predicted octanol–water partition coefficient (Wildman–Crippen LogP) is 19.5. The quantitative estimate of drug-likeness (QED) is 0.0261. The molecule has 0 aromatic heterocycles. The number of ether oxygens (including phenoxy) is 3. The molecule has 0 amide bonds. The van der Waals surface area contributed by atoms with Crippen LogP contribution in [0.2, 0.25) is 0 Å². The number of unbranched alkanes of at least 4 members (excludes halogenated alkanes) is 10. The maximum atomic E-state index is 12.8. The average molecular weight is 1000 g/mol. The molecule has 1 atom stereocenters. The zero-order valence-corrected chi connectivity index (χ0v) is 46.3. The molecule has 0 aromatic carbocycles. The van der Waals surface area contributed by atoms with Crippen molar-refractivity contribution in [3.8, 4) is 0 Å². The molecule has 0 fully saturated rings. The molecule has 1 unspecified atom stereocenters. The molecule has 0 bridgehead atoms. The fourth-order valence-corrected chi connectivity index (χ4v) is 7.00. The first kappa shape index (κ1) is 67.8. The van der Waals surface area contributed by atoms with Gasteiger partial charge in [-0.25, -0.2) is 0 Å². The van der Waals surface area contributed by atoms with Crippen LogP contribution in [0, 0.1) is 0 Å². The molecule has 0 heterocycles. The monoisotopic (exact) mass is 1000 g/mol. The van der Waals surface area contributed by atoms with Crippen LogP contribution in [0.3, 0.4) is 0 Å². The zero-order valence-electron chi connectivity index (χ0n) is 46.3. The van der Waals surface area contributed by atoms with Crippen molar-refractivity contribution in [2.75, 3.05) is 13.2 Å². The highest BCUT2D eigenvalue weighted by Crippen LogP contribution is 2.12. The number of hydrogen-bond acceptors (Lipinski definition) is 6. The van der Waals surface area contributed by atoms with Crippen molar-refractivity contribution in [2.24, 2.45) is 0 Å². The van der Waals surface area contributed by atoms with E-state index in [0.717, 1.165) is 135 Å². The molecule has 0 saturated carbocycles. The smallest absolute Gasteiger partial charge is 0.306 e. The molecule has 0 spiro atoms. The van der Waals surface area contributed by atoms with Gasteiger partial charge in [0.1, 0.15) is 13.2 Å². The van der Waals surface area contributed by atoms with Crippen molar-refractivity contribution in [2.45, 2.75) is 219 Å². The van der Waals surface area contributed by atoms with Gasteiger partial charge in [-0.2, -0.15) is 0 Å². The van der Waals surface area contributed by atoms with Gasteiger partial charge in [-0.3, -0.25) is 14.4 Å². The summed E-state index contributed by atoms with van der Waals surface area (Å²) in [6.07, 6.45) is 88.0. The van der Waals surface area contributed by atoms with Gasteiger partial charge in [0, 0.05) is 19.3 Å². The summed E-state index contributed by atoms with van der Waals surface area (Å²) >= 11 is 0. The first-order valence-corrected chi connectivity index (χ1v) is 28.6. The SMILES string of the molecule is CC/C=C\C/C=C\C/C=C\C/C=C\C/C=C\C/C=C\C/C=C\C/C=C\C/C=C\CCCC(=O)OCC(COC(=O)CCCCCCCCC)OC(=O)CCCCC/C=C\C/C=C\C/C=C\C/C=C\C/C=C\CC. The Morgan fingerprint density at radius 1 is 0.288 bits per heavy atom. The zero-order chi connectivity index (χ0) is 52.9. The highest BCUT2D eigenvalue weighted by molar-refractivity contribution is 5.71. The van der Waals surface area contributed by atoms with Gasteiger partial charge >= 0.3 is 17.9 Å². The van der Waals surface area contributed by atoms with Crippen LogP contribution in [0.1, 0.15) is 213 Å². The molecule has 0 rings (SSSR count). The van der Waals surface area contributed by atoms with E-state index in [1.165, 1.54) is 25.7 Å². The van der Waals surface area contributed by atoms with E-state index >= 15 is 0 Å². The molecule has 0 radical (unpaired) electrons. The van der Waals surface area contributed by atoms with Gasteiger partial charge < -0.3 is 14.2 Å². The second-order valence-corrected chi connectivity index (χ2v) is 18.1. The van der Waals surface area contributed by atoms with Gasteiger partial charge in [0.25, 0.3) is 0 Å². The van der Waals surface area contributed by atoms with Gasteiger partial charge in [-0.15, -0.1) is 0 Å². The lowest BCUT2D eigenvalue weighted by Gasteiger charge is -2.18. The summed E-state index contributed by atoms with van der Waals surface area (Å²) < 4.78 is 16.7. The van der Waals surface area contributed by atoms with Crippen LogP contribution in [-0.4, -0.2) is 37.2 Å². The third-order valence-electron chi connectivity index (χ3n) is 11.2. The summed E-state index contributed by atoms with van der Waals surface area (Å²) in [4.78, 5) is 37.9. The summed E-state index contributed by atoms with van der Waals surface area (Å²) in [5, 5.41) is 0. The topological polar surface area (TPSA) is 78.9 Å². The minimum Gasteiger partial charge on any atom is -0.462 e. The summed E-state index contributed by atoms with van der Waals surface area (Å²) in [7, 11) is 0. The standard InChI is InChI=1S/C67H102O6/c1-4-7-10-13-16-18-20-22-24-26-28-29-30-31-32-33-34-35-36-37-39-40-42-44-46-48-51-54-57-60-66(69)72-63-64(62-71-65(68)59-56-53-50-15-12-9-6-3)73-67(70)61-58-55-52-49-47-45-43-41-38-27-25-23-21-19-17-14-11-8-5-2/h7-8,10-11,16-19,22-25,28-29,31-32,34-35,37-39,41-42,44-45,47-48,51,64H,4-6,9,12-15,20-21,26-27,30,33,36,40,43,46,49-50,52-63H2,1-3H3/b10-7-,11-8-,18-16-,19-17-,24-22-,25-23-,29-28-,32-31-,35-34-,39-37-,41-38-,44-42-,47-45-,51-48-. The van der Waals surface area contributed by atoms with Crippen molar-refractivity contribution in [3.05, 3.63) is 170 Å². The maximum absolute atomic E-state index is 12.8. The Bertz CT molecular complexity index is 1720. The number of allylic oxidation sites excluding steroid dienone is 28. The summed E-state index contributed by atoms with van der Waals surface area (Å²) in [5.74, 6) is -1.03. The summed E-state index contributed by atoms with van der Waals surface area (Å²) in [6.45, 7) is 6.26. The van der Waals surface area contributed by atoms with Crippen molar-refractivity contribution in [1.82, 2.24) is 0 Å². The second kappa shape index (κ2) is 59.3. The molecular weight excluding hydrogens is 901 g/mol. The number of esters is 3.